The summed E-state index contributed by atoms with van der Waals surface area (Å²) in [6.07, 6.45) is 6.11. The number of hydrogen-bond acceptors (Lipinski definition) is 2. The van der Waals surface area contributed by atoms with Crippen molar-refractivity contribution in [2.75, 3.05) is 13.1 Å². The minimum atomic E-state index is -0.311. The van der Waals surface area contributed by atoms with Crippen molar-refractivity contribution in [3.63, 3.8) is 0 Å². The fourth-order valence-corrected chi connectivity index (χ4v) is 3.12. The summed E-state index contributed by atoms with van der Waals surface area (Å²) in [7, 11) is 0. The Bertz CT molecular complexity index is 372. The van der Waals surface area contributed by atoms with Crippen LogP contribution in [0.4, 0.5) is 0 Å². The van der Waals surface area contributed by atoms with E-state index in [0.29, 0.717) is 25.4 Å². The minimum Gasteiger partial charge on any atom is -0.344 e. The Morgan fingerprint density at radius 3 is 2.63 bits per heavy atom. The van der Waals surface area contributed by atoms with Gasteiger partial charge in [-0.3, -0.25) is 9.59 Å². The minimum absolute atomic E-state index is 0.00754. The molecule has 0 spiro atoms. The highest BCUT2D eigenvalue weighted by atomic mass is 16.2. The Morgan fingerprint density at radius 2 is 2.00 bits per heavy atom. The van der Waals surface area contributed by atoms with Crippen LogP contribution in [-0.4, -0.2) is 35.8 Å². The number of amides is 2. The zero-order valence-corrected chi connectivity index (χ0v) is 11.8. The van der Waals surface area contributed by atoms with E-state index in [1.54, 1.807) is 4.90 Å². The standard InChI is InChI=1S/C15H24N2O2/c1-11(2)10-17-9-8-13(18)16-14(15(17)19)12-6-4-3-5-7-12/h12,14H,1,3-10H2,2H3,(H,16,18). The van der Waals surface area contributed by atoms with Gasteiger partial charge in [0.05, 0.1) is 0 Å². The first-order valence-electron chi connectivity index (χ1n) is 7.30. The topological polar surface area (TPSA) is 49.4 Å². The van der Waals surface area contributed by atoms with Crippen LogP contribution in [0.25, 0.3) is 0 Å². The summed E-state index contributed by atoms with van der Waals surface area (Å²) < 4.78 is 0. The SMILES string of the molecule is C=C(C)CN1CCC(=O)NC(C2CCCCC2)C1=O. The van der Waals surface area contributed by atoms with E-state index in [1.165, 1.54) is 19.3 Å². The van der Waals surface area contributed by atoms with Crippen LogP contribution in [0, 0.1) is 5.92 Å². The molecule has 1 N–H and O–H groups in total. The van der Waals surface area contributed by atoms with Crippen LogP contribution in [-0.2, 0) is 9.59 Å². The molecule has 106 valence electrons. The molecule has 0 bridgehead atoms. The zero-order chi connectivity index (χ0) is 13.8. The van der Waals surface area contributed by atoms with Crippen molar-refractivity contribution in [2.45, 2.75) is 51.5 Å². The maximum absolute atomic E-state index is 12.6. The van der Waals surface area contributed by atoms with Gasteiger partial charge in [-0.05, 0) is 25.7 Å². The molecule has 1 unspecified atom stereocenters. The summed E-state index contributed by atoms with van der Waals surface area (Å²) in [4.78, 5) is 26.2. The summed E-state index contributed by atoms with van der Waals surface area (Å²) in [5.74, 6) is 0.407. The van der Waals surface area contributed by atoms with Gasteiger partial charge < -0.3 is 10.2 Å². The molecule has 1 saturated carbocycles. The average Bonchev–Trinajstić information content (AvgIpc) is 2.52. The van der Waals surface area contributed by atoms with Crippen LogP contribution in [0.1, 0.15) is 45.4 Å². The van der Waals surface area contributed by atoms with E-state index in [4.69, 9.17) is 0 Å². The Morgan fingerprint density at radius 1 is 1.32 bits per heavy atom. The van der Waals surface area contributed by atoms with Gasteiger partial charge in [0, 0.05) is 19.5 Å². The molecule has 2 rings (SSSR count). The van der Waals surface area contributed by atoms with Crippen LogP contribution in [0.3, 0.4) is 0 Å². The summed E-state index contributed by atoms with van der Waals surface area (Å²) in [6.45, 7) is 6.87. The molecule has 1 heterocycles. The smallest absolute Gasteiger partial charge is 0.245 e. The molecule has 1 aliphatic heterocycles. The third-order valence-corrected chi connectivity index (χ3v) is 4.09. The lowest BCUT2D eigenvalue weighted by atomic mass is 9.83. The second-order valence-corrected chi connectivity index (χ2v) is 5.91. The van der Waals surface area contributed by atoms with Gasteiger partial charge in [0.15, 0.2) is 0 Å². The van der Waals surface area contributed by atoms with Crippen molar-refractivity contribution in [3.8, 4) is 0 Å². The molecule has 2 fully saturated rings. The zero-order valence-electron chi connectivity index (χ0n) is 11.8. The van der Waals surface area contributed by atoms with E-state index in [2.05, 4.69) is 11.9 Å². The van der Waals surface area contributed by atoms with Crippen LogP contribution >= 0.6 is 0 Å². The largest absolute Gasteiger partial charge is 0.344 e. The first-order valence-corrected chi connectivity index (χ1v) is 7.30. The fraction of sp³-hybridized carbons (Fsp3) is 0.733. The molecule has 1 saturated heterocycles. The molecule has 4 heteroatoms. The van der Waals surface area contributed by atoms with Gasteiger partial charge in [0.2, 0.25) is 11.8 Å². The lowest BCUT2D eigenvalue weighted by Crippen LogP contribution is -2.49. The summed E-state index contributed by atoms with van der Waals surface area (Å²) in [6, 6.07) is -0.311. The first kappa shape index (κ1) is 14.1. The lowest BCUT2D eigenvalue weighted by Gasteiger charge is -2.31. The van der Waals surface area contributed by atoms with Gasteiger partial charge in [-0.15, -0.1) is 0 Å². The highest BCUT2D eigenvalue weighted by Crippen LogP contribution is 2.28. The molecule has 1 atom stereocenters. The van der Waals surface area contributed by atoms with Crippen molar-refractivity contribution in [3.05, 3.63) is 12.2 Å². The van der Waals surface area contributed by atoms with Crippen molar-refractivity contribution >= 4 is 11.8 Å². The normalized spacial score (nSPS) is 25.9. The summed E-state index contributed by atoms with van der Waals surface area (Å²) in [5, 5.41) is 2.94. The van der Waals surface area contributed by atoms with Gasteiger partial charge in [-0.2, -0.15) is 0 Å². The number of rotatable bonds is 3. The van der Waals surface area contributed by atoms with Crippen LogP contribution in [0.2, 0.25) is 0 Å². The molecule has 1 aliphatic carbocycles. The summed E-state index contributed by atoms with van der Waals surface area (Å²) >= 11 is 0. The van der Waals surface area contributed by atoms with Gasteiger partial charge in [0.25, 0.3) is 0 Å². The molecule has 0 aromatic heterocycles. The molecule has 2 aliphatic rings. The van der Waals surface area contributed by atoms with Crippen molar-refractivity contribution < 1.29 is 9.59 Å². The van der Waals surface area contributed by atoms with Crippen LogP contribution < -0.4 is 5.32 Å². The number of carbonyl (C=O) groups is 2. The number of nitrogens with one attached hydrogen (secondary N) is 1. The van der Waals surface area contributed by atoms with E-state index in [-0.39, 0.29) is 17.9 Å². The van der Waals surface area contributed by atoms with E-state index in [0.717, 1.165) is 18.4 Å². The lowest BCUT2D eigenvalue weighted by molar-refractivity contribution is -0.135. The maximum Gasteiger partial charge on any atom is 0.245 e. The Labute approximate surface area is 115 Å². The van der Waals surface area contributed by atoms with E-state index >= 15 is 0 Å². The first-order chi connectivity index (χ1) is 9.08. The van der Waals surface area contributed by atoms with Crippen molar-refractivity contribution in [2.24, 2.45) is 5.92 Å². The Hall–Kier alpha value is -1.32. The van der Waals surface area contributed by atoms with Crippen LogP contribution in [0.5, 0.6) is 0 Å². The third-order valence-electron chi connectivity index (χ3n) is 4.09. The molecule has 0 aromatic rings. The van der Waals surface area contributed by atoms with Crippen molar-refractivity contribution in [1.29, 1.82) is 0 Å². The Kier molecular flexibility index (Phi) is 4.61. The fourth-order valence-electron chi connectivity index (χ4n) is 3.12. The second-order valence-electron chi connectivity index (χ2n) is 5.91. The van der Waals surface area contributed by atoms with Gasteiger partial charge in [-0.1, -0.05) is 31.4 Å². The number of carbonyl (C=O) groups excluding carboxylic acids is 2. The molecular formula is C15H24N2O2. The molecule has 2 amide bonds. The highest BCUT2D eigenvalue weighted by Gasteiger charge is 2.35. The quantitative estimate of drug-likeness (QED) is 0.791. The van der Waals surface area contributed by atoms with Crippen molar-refractivity contribution in [1.82, 2.24) is 10.2 Å². The van der Waals surface area contributed by atoms with Crippen LogP contribution in [0.15, 0.2) is 12.2 Å². The molecule has 0 radical (unpaired) electrons. The molecule has 4 nitrogen and oxygen atoms in total. The molecule has 0 aromatic carbocycles. The van der Waals surface area contributed by atoms with E-state index in [1.807, 2.05) is 6.92 Å². The molecule has 19 heavy (non-hydrogen) atoms. The van der Waals surface area contributed by atoms with Gasteiger partial charge in [0.1, 0.15) is 6.04 Å². The Balaban J connectivity index is 2.11. The van der Waals surface area contributed by atoms with E-state index in [9.17, 15) is 9.59 Å². The monoisotopic (exact) mass is 264 g/mol. The van der Waals surface area contributed by atoms with Gasteiger partial charge >= 0.3 is 0 Å². The second kappa shape index (κ2) is 6.22. The number of nitrogens with zero attached hydrogens (tertiary/aromatic N) is 1. The third kappa shape index (κ3) is 3.58. The number of hydrogen-bond donors (Lipinski definition) is 1. The predicted molar refractivity (Wildman–Crippen MR) is 74.5 cm³/mol. The van der Waals surface area contributed by atoms with E-state index < -0.39 is 0 Å². The molecular weight excluding hydrogens is 240 g/mol. The summed E-state index contributed by atoms with van der Waals surface area (Å²) in [5.41, 5.74) is 0.963. The maximum atomic E-state index is 12.6. The van der Waals surface area contributed by atoms with Gasteiger partial charge in [-0.25, -0.2) is 0 Å². The highest BCUT2D eigenvalue weighted by molar-refractivity contribution is 5.90. The average molecular weight is 264 g/mol. The predicted octanol–water partition coefficient (Wildman–Crippen LogP) is 1.86.